The third-order valence-corrected chi connectivity index (χ3v) is 9.50. The Morgan fingerprint density at radius 3 is 2.59 bits per heavy atom. The SMILES string of the molecule is CCCCNC(=O)C1N([C@H](CO)c2ccccc2)C(=O)[C@@H]2[C@@H](C(=O)NC)[C@@]3(C)CCC12S3. The molecule has 6 atom stereocenters. The van der Waals surface area contributed by atoms with E-state index in [1.165, 1.54) is 0 Å². The Kier molecular flexibility index (Phi) is 6.29. The van der Waals surface area contributed by atoms with Crippen molar-refractivity contribution in [3.8, 4) is 0 Å². The highest BCUT2D eigenvalue weighted by Crippen LogP contribution is 2.71. The number of hydrogen-bond acceptors (Lipinski definition) is 5. The molecule has 1 aromatic rings. The first-order valence-electron chi connectivity index (χ1n) is 11.5. The lowest BCUT2D eigenvalue weighted by molar-refractivity contribution is -0.143. The minimum Gasteiger partial charge on any atom is -0.394 e. The molecule has 1 spiro atoms. The zero-order chi connectivity index (χ0) is 23.1. The Balaban J connectivity index is 1.80. The molecule has 32 heavy (non-hydrogen) atoms. The molecule has 0 radical (unpaired) electrons. The van der Waals surface area contributed by atoms with Crippen LogP contribution in [0.4, 0.5) is 0 Å². The van der Waals surface area contributed by atoms with Gasteiger partial charge < -0.3 is 20.6 Å². The smallest absolute Gasteiger partial charge is 0.244 e. The zero-order valence-corrected chi connectivity index (χ0v) is 19.8. The van der Waals surface area contributed by atoms with Crippen molar-refractivity contribution < 1.29 is 19.5 Å². The van der Waals surface area contributed by atoms with E-state index in [2.05, 4.69) is 24.5 Å². The molecule has 3 aliphatic heterocycles. The Bertz CT molecular complexity index is 896. The number of nitrogens with one attached hydrogen (secondary N) is 2. The van der Waals surface area contributed by atoms with E-state index in [9.17, 15) is 19.5 Å². The molecule has 4 rings (SSSR count). The topological polar surface area (TPSA) is 98.7 Å². The van der Waals surface area contributed by atoms with Crippen LogP contribution in [0.2, 0.25) is 0 Å². The number of carbonyl (C=O) groups is 3. The summed E-state index contributed by atoms with van der Waals surface area (Å²) >= 11 is 1.64. The summed E-state index contributed by atoms with van der Waals surface area (Å²) < 4.78 is -1.04. The molecule has 174 valence electrons. The van der Waals surface area contributed by atoms with Crippen LogP contribution in [0.1, 0.15) is 51.1 Å². The van der Waals surface area contributed by atoms with Gasteiger partial charge in [0.05, 0.1) is 29.2 Å². The first kappa shape index (κ1) is 23.1. The molecule has 3 heterocycles. The maximum Gasteiger partial charge on any atom is 0.244 e. The second kappa shape index (κ2) is 8.71. The quantitative estimate of drug-likeness (QED) is 0.516. The van der Waals surface area contributed by atoms with E-state index >= 15 is 0 Å². The molecular weight excluding hydrogens is 426 g/mol. The fourth-order valence-electron chi connectivity index (χ4n) is 6.07. The first-order valence-corrected chi connectivity index (χ1v) is 12.3. The second-order valence-corrected chi connectivity index (χ2v) is 11.2. The lowest BCUT2D eigenvalue weighted by Crippen LogP contribution is -2.54. The molecular formula is C24H33N3O4S. The second-order valence-electron chi connectivity index (χ2n) is 9.34. The number of nitrogens with zero attached hydrogens (tertiary/aromatic N) is 1. The predicted molar refractivity (Wildman–Crippen MR) is 124 cm³/mol. The van der Waals surface area contributed by atoms with E-state index in [-0.39, 0.29) is 29.1 Å². The minimum atomic E-state index is -0.726. The molecule has 3 amide bonds. The van der Waals surface area contributed by atoms with Crippen LogP contribution >= 0.6 is 11.8 Å². The summed E-state index contributed by atoms with van der Waals surface area (Å²) in [5, 5.41) is 16.2. The number of likely N-dealkylation sites (tertiary alicyclic amines) is 1. The van der Waals surface area contributed by atoms with Crippen molar-refractivity contribution >= 4 is 29.5 Å². The van der Waals surface area contributed by atoms with Crippen LogP contribution in [0.15, 0.2) is 30.3 Å². The standard InChI is InChI=1S/C24H33N3O4S/c1-4-5-13-26-21(30)19-24-12-11-23(2,32-24)17(20(29)25-3)18(24)22(31)27(19)16(14-28)15-9-7-6-8-10-15/h6-10,16-19,28H,4-5,11-14H2,1-3H3,(H,25,29)(H,26,30)/t16-,17+,18+,19?,23-,24?/m1/s1. The van der Waals surface area contributed by atoms with E-state index in [1.807, 2.05) is 30.3 Å². The van der Waals surface area contributed by atoms with Crippen LogP contribution in [0.3, 0.4) is 0 Å². The molecule has 3 saturated heterocycles. The third-order valence-electron chi connectivity index (χ3n) is 7.51. The lowest BCUT2D eigenvalue weighted by atomic mass is 9.66. The maximum absolute atomic E-state index is 14.0. The number of benzene rings is 1. The number of aliphatic hydroxyl groups is 1. The predicted octanol–water partition coefficient (Wildman–Crippen LogP) is 1.86. The van der Waals surface area contributed by atoms with Crippen molar-refractivity contribution in [2.24, 2.45) is 11.8 Å². The summed E-state index contributed by atoms with van der Waals surface area (Å²) in [6.45, 7) is 4.37. The fourth-order valence-corrected chi connectivity index (χ4v) is 8.41. The highest BCUT2D eigenvalue weighted by Gasteiger charge is 2.77. The zero-order valence-electron chi connectivity index (χ0n) is 19.0. The minimum absolute atomic E-state index is 0.146. The number of carbonyl (C=O) groups excluding carboxylic acids is 3. The average Bonchev–Trinajstić information content (AvgIpc) is 3.36. The number of thioether (sulfide) groups is 1. The summed E-state index contributed by atoms with van der Waals surface area (Å²) in [7, 11) is 1.60. The largest absolute Gasteiger partial charge is 0.394 e. The van der Waals surface area contributed by atoms with Gasteiger partial charge in [0.25, 0.3) is 0 Å². The number of amides is 3. The number of aliphatic hydroxyl groups excluding tert-OH is 1. The number of unbranched alkanes of at least 4 members (excludes halogenated alkanes) is 1. The molecule has 0 aliphatic carbocycles. The van der Waals surface area contributed by atoms with Crippen molar-refractivity contribution in [2.75, 3.05) is 20.2 Å². The van der Waals surface area contributed by atoms with Gasteiger partial charge in [0.2, 0.25) is 17.7 Å². The molecule has 7 nitrogen and oxygen atoms in total. The van der Waals surface area contributed by atoms with E-state index in [0.717, 1.165) is 24.8 Å². The van der Waals surface area contributed by atoms with Crippen LogP contribution < -0.4 is 10.6 Å². The molecule has 0 saturated carbocycles. The lowest BCUT2D eigenvalue weighted by Gasteiger charge is -2.37. The van der Waals surface area contributed by atoms with Gasteiger partial charge in [0.15, 0.2) is 0 Å². The molecule has 2 bridgehead atoms. The summed E-state index contributed by atoms with van der Waals surface area (Å²) in [5.74, 6) is -1.60. The highest BCUT2D eigenvalue weighted by atomic mass is 32.2. The van der Waals surface area contributed by atoms with E-state index < -0.39 is 28.7 Å². The van der Waals surface area contributed by atoms with Gasteiger partial charge in [0.1, 0.15) is 6.04 Å². The van der Waals surface area contributed by atoms with Crippen LogP contribution in [-0.4, -0.2) is 63.5 Å². The van der Waals surface area contributed by atoms with Gasteiger partial charge in [-0.25, -0.2) is 0 Å². The molecule has 3 aliphatic rings. The molecule has 1 aromatic carbocycles. The first-order chi connectivity index (χ1) is 15.3. The molecule has 8 heteroatoms. The van der Waals surface area contributed by atoms with Crippen molar-refractivity contribution in [1.82, 2.24) is 15.5 Å². The Morgan fingerprint density at radius 1 is 1.25 bits per heavy atom. The maximum atomic E-state index is 14.0. The molecule has 0 aromatic heterocycles. The van der Waals surface area contributed by atoms with Gasteiger partial charge in [-0.15, -0.1) is 11.8 Å². The van der Waals surface area contributed by atoms with Gasteiger partial charge in [-0.1, -0.05) is 43.7 Å². The van der Waals surface area contributed by atoms with Crippen molar-refractivity contribution in [1.29, 1.82) is 0 Å². The third kappa shape index (κ3) is 3.34. The van der Waals surface area contributed by atoms with Crippen LogP contribution in [0, 0.1) is 11.8 Å². The van der Waals surface area contributed by atoms with E-state index in [1.54, 1.807) is 23.7 Å². The van der Waals surface area contributed by atoms with Crippen molar-refractivity contribution in [3.05, 3.63) is 35.9 Å². The van der Waals surface area contributed by atoms with Gasteiger partial charge in [0, 0.05) is 18.3 Å². The van der Waals surface area contributed by atoms with Crippen molar-refractivity contribution in [2.45, 2.75) is 61.1 Å². The summed E-state index contributed by atoms with van der Waals surface area (Å²) in [5.41, 5.74) is 0.785. The van der Waals surface area contributed by atoms with Crippen LogP contribution in [-0.2, 0) is 14.4 Å². The Morgan fingerprint density at radius 2 is 1.97 bits per heavy atom. The Labute approximate surface area is 193 Å². The van der Waals surface area contributed by atoms with Gasteiger partial charge in [-0.2, -0.15) is 0 Å². The number of rotatable bonds is 8. The van der Waals surface area contributed by atoms with Gasteiger partial charge >= 0.3 is 0 Å². The summed E-state index contributed by atoms with van der Waals surface area (Å²) in [6, 6.07) is 7.98. The number of fused-ring (bicyclic) bond motifs is 1. The molecule has 3 N–H and O–H groups in total. The van der Waals surface area contributed by atoms with Gasteiger partial charge in [-0.3, -0.25) is 14.4 Å². The van der Waals surface area contributed by atoms with Crippen molar-refractivity contribution in [3.63, 3.8) is 0 Å². The monoisotopic (exact) mass is 459 g/mol. The molecule has 2 unspecified atom stereocenters. The van der Waals surface area contributed by atoms with E-state index in [4.69, 9.17) is 0 Å². The summed E-state index contributed by atoms with van der Waals surface area (Å²) in [4.78, 5) is 42.2. The highest BCUT2D eigenvalue weighted by molar-refractivity contribution is 8.02. The molecule has 3 fully saturated rings. The van der Waals surface area contributed by atoms with Gasteiger partial charge in [-0.05, 0) is 31.7 Å². The normalized spacial score (nSPS) is 33.8. The number of hydrogen-bond donors (Lipinski definition) is 3. The van der Waals surface area contributed by atoms with Crippen LogP contribution in [0.25, 0.3) is 0 Å². The fraction of sp³-hybridized carbons (Fsp3) is 0.625. The average molecular weight is 460 g/mol. The summed E-state index contributed by atoms with van der Waals surface area (Å²) in [6.07, 6.45) is 3.29. The Hall–Kier alpha value is -2.06. The van der Waals surface area contributed by atoms with Crippen LogP contribution in [0.5, 0.6) is 0 Å². The van der Waals surface area contributed by atoms with E-state index in [0.29, 0.717) is 13.0 Å².